The smallest absolute Gasteiger partial charge is 0.459 e. The minimum atomic E-state index is -4.66. The number of alkyl halides is 2. The van der Waals surface area contributed by atoms with Gasteiger partial charge in [-0.2, -0.15) is 10.1 Å². The van der Waals surface area contributed by atoms with Gasteiger partial charge in [0.15, 0.2) is 23.0 Å². The summed E-state index contributed by atoms with van der Waals surface area (Å²) in [5.41, 5.74) is 1.42. The summed E-state index contributed by atoms with van der Waals surface area (Å²) in [6.07, 6.45) is -9.11. The van der Waals surface area contributed by atoms with Gasteiger partial charge in [-0.05, 0) is 32.9 Å². The van der Waals surface area contributed by atoms with Gasteiger partial charge in [0.25, 0.3) is 12.0 Å². The summed E-state index contributed by atoms with van der Waals surface area (Å²) >= 11 is 0. The van der Waals surface area contributed by atoms with Crippen LogP contribution in [0.15, 0.2) is 41.5 Å². The Kier molecular flexibility index (Phi) is 8.77. The van der Waals surface area contributed by atoms with Crippen LogP contribution in [0.2, 0.25) is 0 Å². The van der Waals surface area contributed by atoms with Crippen LogP contribution in [0.1, 0.15) is 27.0 Å². The number of aromatic nitrogens is 4. The van der Waals surface area contributed by atoms with E-state index < -0.39 is 68.5 Å². The molecular weight excluding hydrogens is 573 g/mol. The number of esters is 1. The maximum atomic E-state index is 14.6. The molecule has 1 aliphatic heterocycles. The number of aliphatic hydroxyl groups excluding tert-OH is 2. The molecule has 1 saturated heterocycles. The molecule has 1 fully saturated rings. The van der Waals surface area contributed by atoms with Gasteiger partial charge in [-0.25, -0.2) is 18.3 Å². The molecule has 224 valence electrons. The molecule has 0 radical (unpaired) electrons. The number of rotatable bonds is 11. The van der Waals surface area contributed by atoms with E-state index in [1.807, 2.05) is 0 Å². The predicted octanol–water partition coefficient (Wildman–Crippen LogP) is 1.09. The topological polar surface area (TPSA) is 213 Å². The minimum Gasteiger partial charge on any atom is -0.462 e. The van der Waals surface area contributed by atoms with Gasteiger partial charge in [0.2, 0.25) is 5.95 Å². The minimum absolute atomic E-state index is 0.00317. The standard InChI is InChI=1S/C23H29F2N6O9P/c1-11(2)38-20(35)12(3)30-41(36,40-13-7-5-4-6-8-13)37-9-23(21(24)25)16(33)15(32)19(39-23)31-10-27-14-17(31)28-22(26)29-18(14)34/h4-8,10-12,15-16,19,21,32-33H,9H2,1-3H3,(H,30,36)(H3,26,28,29,34)/t12-,15+,16+,19+,23+,41?/m0/s1. The molecule has 15 nitrogen and oxygen atoms in total. The Morgan fingerprint density at radius 3 is 2.61 bits per heavy atom. The van der Waals surface area contributed by atoms with Gasteiger partial charge in [0.05, 0.1) is 19.0 Å². The van der Waals surface area contributed by atoms with Crippen LogP contribution >= 0.6 is 7.75 Å². The lowest BCUT2D eigenvalue weighted by Gasteiger charge is -2.32. The number of H-pyrrole nitrogens is 1. The fraction of sp³-hybridized carbons (Fsp3) is 0.478. The Hall–Kier alpha value is -3.47. The zero-order valence-electron chi connectivity index (χ0n) is 22.0. The first-order valence-electron chi connectivity index (χ1n) is 12.3. The summed E-state index contributed by atoms with van der Waals surface area (Å²) in [4.78, 5) is 34.5. The molecule has 4 rings (SSSR count). The summed E-state index contributed by atoms with van der Waals surface area (Å²) in [5, 5.41) is 23.9. The molecule has 3 aromatic rings. The van der Waals surface area contributed by atoms with Crippen molar-refractivity contribution in [1.29, 1.82) is 0 Å². The SMILES string of the molecule is CC(C)OC(=O)[C@H](C)NP(=O)(OC[C@@]1(C(F)F)O[C@@H](n2cnc3c(=O)[nH]c(N)nc32)[C@H](O)[C@H]1O)Oc1ccccc1. The number of aliphatic hydroxyl groups is 2. The monoisotopic (exact) mass is 602 g/mol. The number of carbonyl (C=O) groups is 1. The van der Waals surface area contributed by atoms with Crippen molar-refractivity contribution in [1.82, 2.24) is 24.6 Å². The lowest BCUT2D eigenvalue weighted by molar-refractivity contribution is -0.191. The number of hydrogen-bond acceptors (Lipinski definition) is 12. The highest BCUT2D eigenvalue weighted by Gasteiger charge is 2.61. The zero-order chi connectivity index (χ0) is 30.1. The van der Waals surface area contributed by atoms with Crippen molar-refractivity contribution in [2.45, 2.75) is 63.4 Å². The van der Waals surface area contributed by atoms with E-state index in [4.69, 9.17) is 24.3 Å². The van der Waals surface area contributed by atoms with Crippen LogP contribution in [-0.4, -0.2) is 78.7 Å². The lowest BCUT2D eigenvalue weighted by Crippen LogP contribution is -2.53. The van der Waals surface area contributed by atoms with E-state index in [1.165, 1.54) is 19.1 Å². The third-order valence-corrected chi connectivity index (χ3v) is 7.66. The zero-order valence-corrected chi connectivity index (χ0v) is 22.9. The Bertz CT molecular complexity index is 1490. The molecule has 6 N–H and O–H groups in total. The number of ether oxygens (including phenoxy) is 2. The molecule has 41 heavy (non-hydrogen) atoms. The Morgan fingerprint density at radius 1 is 1.29 bits per heavy atom. The van der Waals surface area contributed by atoms with Crippen LogP contribution in [0, 0.1) is 0 Å². The Balaban J connectivity index is 1.64. The molecule has 0 bridgehead atoms. The van der Waals surface area contributed by atoms with Crippen LogP contribution in [0.5, 0.6) is 5.75 Å². The second-order valence-corrected chi connectivity index (χ2v) is 11.2. The van der Waals surface area contributed by atoms with Crippen molar-refractivity contribution in [3.63, 3.8) is 0 Å². The molecule has 2 aromatic heterocycles. The molecule has 1 aromatic carbocycles. The van der Waals surface area contributed by atoms with E-state index in [0.717, 1.165) is 10.9 Å². The van der Waals surface area contributed by atoms with E-state index in [2.05, 4.69) is 20.0 Å². The summed E-state index contributed by atoms with van der Waals surface area (Å²) in [6, 6.07) is 6.26. The van der Waals surface area contributed by atoms with E-state index in [-0.39, 0.29) is 22.9 Å². The predicted molar refractivity (Wildman–Crippen MR) is 138 cm³/mol. The van der Waals surface area contributed by atoms with Crippen LogP contribution in [0.3, 0.4) is 0 Å². The van der Waals surface area contributed by atoms with Gasteiger partial charge < -0.3 is 29.9 Å². The second kappa shape index (κ2) is 11.8. The van der Waals surface area contributed by atoms with E-state index in [0.29, 0.717) is 0 Å². The largest absolute Gasteiger partial charge is 0.462 e. The van der Waals surface area contributed by atoms with Crippen LogP contribution in [-0.2, 0) is 23.4 Å². The van der Waals surface area contributed by atoms with Gasteiger partial charge in [0.1, 0.15) is 24.0 Å². The van der Waals surface area contributed by atoms with Crippen molar-refractivity contribution >= 4 is 30.8 Å². The number of anilines is 1. The van der Waals surface area contributed by atoms with Crippen LogP contribution in [0.4, 0.5) is 14.7 Å². The maximum absolute atomic E-state index is 14.6. The average Bonchev–Trinajstić information content (AvgIpc) is 3.42. The van der Waals surface area contributed by atoms with Gasteiger partial charge in [0, 0.05) is 0 Å². The number of para-hydroxylation sites is 1. The van der Waals surface area contributed by atoms with Crippen molar-refractivity contribution in [2.24, 2.45) is 0 Å². The maximum Gasteiger partial charge on any atom is 0.459 e. The van der Waals surface area contributed by atoms with Crippen molar-refractivity contribution in [2.75, 3.05) is 12.3 Å². The fourth-order valence-corrected chi connectivity index (χ4v) is 5.57. The number of benzene rings is 1. The molecule has 3 heterocycles. The lowest BCUT2D eigenvalue weighted by atomic mass is 9.96. The van der Waals surface area contributed by atoms with Gasteiger partial charge in [-0.1, -0.05) is 18.2 Å². The van der Waals surface area contributed by atoms with E-state index >= 15 is 0 Å². The van der Waals surface area contributed by atoms with Crippen molar-refractivity contribution in [3.8, 4) is 5.75 Å². The van der Waals surface area contributed by atoms with E-state index in [9.17, 15) is 33.1 Å². The van der Waals surface area contributed by atoms with Crippen LogP contribution in [0.25, 0.3) is 11.2 Å². The number of nitrogens with one attached hydrogen (secondary N) is 2. The molecule has 0 aliphatic carbocycles. The number of nitrogens with zero attached hydrogens (tertiary/aromatic N) is 3. The molecular formula is C23H29F2N6O9P. The highest BCUT2D eigenvalue weighted by atomic mass is 31.2. The van der Waals surface area contributed by atoms with Gasteiger partial charge in [-0.15, -0.1) is 0 Å². The first-order chi connectivity index (χ1) is 19.3. The number of halogens is 2. The summed E-state index contributed by atoms with van der Waals surface area (Å²) in [7, 11) is -4.66. The van der Waals surface area contributed by atoms with E-state index in [1.54, 1.807) is 32.0 Å². The molecule has 6 atom stereocenters. The quantitative estimate of drug-likeness (QED) is 0.154. The summed E-state index contributed by atoms with van der Waals surface area (Å²) in [6.45, 7) is 3.20. The molecule has 18 heteroatoms. The average molecular weight is 602 g/mol. The van der Waals surface area contributed by atoms with Crippen LogP contribution < -0.4 is 20.9 Å². The Morgan fingerprint density at radius 2 is 1.98 bits per heavy atom. The first kappa shape index (κ1) is 30.5. The molecule has 1 aliphatic rings. The molecule has 0 amide bonds. The van der Waals surface area contributed by atoms with Crippen molar-refractivity contribution < 1.29 is 46.9 Å². The number of fused-ring (bicyclic) bond motifs is 1. The van der Waals surface area contributed by atoms with Crippen molar-refractivity contribution in [3.05, 3.63) is 47.0 Å². The Labute approximate surface area is 231 Å². The third-order valence-electron chi connectivity index (χ3n) is 6.04. The highest BCUT2D eigenvalue weighted by molar-refractivity contribution is 7.52. The highest BCUT2D eigenvalue weighted by Crippen LogP contribution is 2.49. The van der Waals surface area contributed by atoms with Gasteiger partial charge in [-0.3, -0.25) is 23.7 Å². The summed E-state index contributed by atoms with van der Waals surface area (Å²) in [5.74, 6) is -1.15. The number of nitrogen functional groups attached to an aromatic ring is 1. The fourth-order valence-electron chi connectivity index (χ4n) is 4.04. The molecule has 0 spiro atoms. The number of aromatic amines is 1. The second-order valence-electron chi connectivity index (χ2n) is 9.49. The molecule has 1 unspecified atom stereocenters. The number of carbonyl (C=O) groups excluding carboxylic acids is 1. The number of imidazole rings is 1. The third kappa shape index (κ3) is 6.24. The normalized spacial score (nSPS) is 25.0. The molecule has 0 saturated carbocycles. The number of hydrogen-bond donors (Lipinski definition) is 5. The first-order valence-corrected chi connectivity index (χ1v) is 13.8. The summed E-state index contributed by atoms with van der Waals surface area (Å²) < 4.78 is 65.3. The van der Waals surface area contributed by atoms with Gasteiger partial charge >= 0.3 is 13.7 Å². The number of nitrogens with two attached hydrogens (primary N) is 1.